The van der Waals surface area contributed by atoms with Gasteiger partial charge in [-0.2, -0.15) is 13.2 Å². The highest BCUT2D eigenvalue weighted by Crippen LogP contribution is 2.27. The highest BCUT2D eigenvalue weighted by Gasteiger charge is 2.41. The second-order valence-electron chi connectivity index (χ2n) is 2.89. The number of hydrogen-bond acceptors (Lipinski definition) is 4. The minimum absolute atomic E-state index is 0.869. The fourth-order valence-electron chi connectivity index (χ4n) is 0.757. The number of hydrogen-bond donors (Lipinski definition) is 0. The third kappa shape index (κ3) is 7.51. The predicted octanol–water partition coefficient (Wildman–Crippen LogP) is 1.18. The highest BCUT2D eigenvalue weighted by atomic mass is 32.2. The van der Waals surface area contributed by atoms with Gasteiger partial charge in [-0.05, 0) is 6.92 Å². The molecule has 9 heteroatoms. The van der Waals surface area contributed by atoms with E-state index < -0.39 is 40.9 Å². The molecular weight excluding hydrogens is 244 g/mol. The number of halogens is 4. The van der Waals surface area contributed by atoms with E-state index in [1.165, 1.54) is 0 Å². The summed E-state index contributed by atoms with van der Waals surface area (Å²) in [4.78, 5) is 0. The number of rotatable bonds is 5. The van der Waals surface area contributed by atoms with Crippen LogP contribution in [0.3, 0.4) is 0 Å². The van der Waals surface area contributed by atoms with Crippen LogP contribution in [0.2, 0.25) is 0 Å². The largest absolute Gasteiger partial charge is 0.746 e. The molecule has 0 heterocycles. The average Bonchev–Trinajstić information content (AvgIpc) is 1.93. The van der Waals surface area contributed by atoms with Crippen LogP contribution in [0.4, 0.5) is 17.6 Å². The van der Waals surface area contributed by atoms with Crippen LogP contribution in [0.1, 0.15) is 13.3 Å². The zero-order chi connectivity index (χ0) is 12.3. The van der Waals surface area contributed by atoms with Crippen molar-refractivity contribution >= 4 is 10.1 Å². The molecule has 0 saturated carbocycles. The molecule has 0 aliphatic carbocycles. The first-order valence-electron chi connectivity index (χ1n) is 3.78. The number of ether oxygens (including phenoxy) is 1. The maximum atomic E-state index is 12.3. The second-order valence-corrected chi connectivity index (χ2v) is 4.24. The molecule has 0 spiro atoms. The third-order valence-electron chi connectivity index (χ3n) is 1.32. The second kappa shape index (κ2) is 5.08. The van der Waals surface area contributed by atoms with Gasteiger partial charge in [-0.1, -0.05) is 0 Å². The van der Waals surface area contributed by atoms with Gasteiger partial charge in [0.15, 0.2) is 6.10 Å². The summed E-state index contributed by atoms with van der Waals surface area (Å²) >= 11 is 0. The van der Waals surface area contributed by atoms with Gasteiger partial charge in [-0.25, -0.2) is 12.8 Å². The van der Waals surface area contributed by atoms with Gasteiger partial charge in [0.05, 0.1) is 0 Å². The summed E-state index contributed by atoms with van der Waals surface area (Å²) in [6.07, 6.45) is -10.3. The minimum Gasteiger partial charge on any atom is -0.746 e. The Morgan fingerprint density at radius 2 is 1.87 bits per heavy atom. The highest BCUT2D eigenvalue weighted by molar-refractivity contribution is 7.85. The molecule has 0 amide bonds. The van der Waals surface area contributed by atoms with Crippen molar-refractivity contribution in [2.75, 3.05) is 5.94 Å². The lowest BCUT2D eigenvalue weighted by atomic mass is 10.2. The van der Waals surface area contributed by atoms with Gasteiger partial charge in [0.25, 0.3) is 0 Å². The average molecular weight is 253 g/mol. The molecule has 0 aromatic rings. The molecule has 0 saturated heterocycles. The maximum absolute atomic E-state index is 12.3. The van der Waals surface area contributed by atoms with E-state index in [1.807, 2.05) is 0 Å². The van der Waals surface area contributed by atoms with Crippen molar-refractivity contribution in [1.82, 2.24) is 0 Å². The molecular formula is C6H9F4O4S-. The predicted molar refractivity (Wildman–Crippen MR) is 40.7 cm³/mol. The van der Waals surface area contributed by atoms with Crippen molar-refractivity contribution in [2.45, 2.75) is 31.8 Å². The monoisotopic (exact) mass is 253 g/mol. The zero-order valence-electron chi connectivity index (χ0n) is 7.62. The van der Waals surface area contributed by atoms with Crippen LogP contribution in [0.25, 0.3) is 0 Å². The van der Waals surface area contributed by atoms with Crippen molar-refractivity contribution in [3.05, 3.63) is 0 Å². The van der Waals surface area contributed by atoms with Gasteiger partial charge in [-0.15, -0.1) is 0 Å². The summed E-state index contributed by atoms with van der Waals surface area (Å²) in [7, 11) is -4.91. The topological polar surface area (TPSA) is 66.4 Å². The molecule has 0 aliphatic rings. The number of alkyl halides is 4. The van der Waals surface area contributed by atoms with Crippen LogP contribution >= 0.6 is 0 Å². The Morgan fingerprint density at radius 1 is 1.40 bits per heavy atom. The molecule has 0 bridgehead atoms. The van der Waals surface area contributed by atoms with E-state index in [1.54, 1.807) is 0 Å². The van der Waals surface area contributed by atoms with Crippen molar-refractivity contribution in [3.63, 3.8) is 0 Å². The maximum Gasteiger partial charge on any atom is 0.414 e. The molecule has 4 nitrogen and oxygen atoms in total. The van der Waals surface area contributed by atoms with Gasteiger partial charge >= 0.3 is 6.18 Å². The first kappa shape index (κ1) is 14.6. The Hall–Kier alpha value is -0.410. The fourth-order valence-corrected chi connectivity index (χ4v) is 1.09. The van der Waals surface area contributed by atoms with E-state index in [0.29, 0.717) is 0 Å². The smallest absolute Gasteiger partial charge is 0.414 e. The first-order valence-corrected chi connectivity index (χ1v) is 5.36. The van der Waals surface area contributed by atoms with Crippen LogP contribution in [0.15, 0.2) is 0 Å². The third-order valence-corrected chi connectivity index (χ3v) is 1.74. The lowest BCUT2D eigenvalue weighted by Gasteiger charge is -2.21. The van der Waals surface area contributed by atoms with Crippen molar-refractivity contribution in [2.24, 2.45) is 0 Å². The van der Waals surface area contributed by atoms with Crippen LogP contribution in [-0.4, -0.2) is 37.4 Å². The normalized spacial score (nSPS) is 17.5. The van der Waals surface area contributed by atoms with E-state index in [2.05, 4.69) is 4.74 Å². The Balaban J connectivity index is 4.40. The molecule has 0 aliphatic heterocycles. The Kier molecular flexibility index (Phi) is 4.94. The van der Waals surface area contributed by atoms with Crippen LogP contribution in [0.5, 0.6) is 0 Å². The first-order chi connectivity index (χ1) is 6.52. The summed E-state index contributed by atoms with van der Waals surface area (Å²) in [5.74, 6) is -1.62. The molecule has 0 radical (unpaired) electrons. The van der Waals surface area contributed by atoms with E-state index in [9.17, 15) is 30.5 Å². The molecule has 92 valence electrons. The molecule has 0 N–H and O–H groups in total. The molecule has 15 heavy (non-hydrogen) atoms. The molecule has 0 fully saturated rings. The Labute approximate surface area is 84.0 Å². The van der Waals surface area contributed by atoms with Crippen LogP contribution in [0, 0.1) is 0 Å². The van der Waals surface area contributed by atoms with Gasteiger partial charge in [0, 0.05) is 6.42 Å². The van der Waals surface area contributed by atoms with Crippen LogP contribution in [-0.2, 0) is 14.9 Å². The van der Waals surface area contributed by atoms with Crippen molar-refractivity contribution in [3.8, 4) is 0 Å². The van der Waals surface area contributed by atoms with E-state index in [0.717, 1.165) is 6.92 Å². The molecule has 2 atom stereocenters. The lowest BCUT2D eigenvalue weighted by Crippen LogP contribution is -2.35. The quantitative estimate of drug-likeness (QED) is 0.545. The molecule has 0 aromatic heterocycles. The molecule has 0 rings (SSSR count). The Morgan fingerprint density at radius 3 is 2.13 bits per heavy atom. The zero-order valence-corrected chi connectivity index (χ0v) is 8.44. The standard InChI is InChI=1S/C6H10F4O4S/c1-4(7)2-5(6(8,9)10)14-3-15(11,12)13/h4-5H,2-3H2,1H3,(H,11,12,13)/p-1. The lowest BCUT2D eigenvalue weighted by molar-refractivity contribution is -0.220. The fraction of sp³-hybridized carbons (Fsp3) is 1.00. The van der Waals surface area contributed by atoms with E-state index >= 15 is 0 Å². The Bertz CT molecular complexity index is 284. The van der Waals surface area contributed by atoms with E-state index in [-0.39, 0.29) is 0 Å². The van der Waals surface area contributed by atoms with Gasteiger partial charge < -0.3 is 9.29 Å². The van der Waals surface area contributed by atoms with Gasteiger partial charge in [0.2, 0.25) is 0 Å². The summed E-state index contributed by atoms with van der Waals surface area (Å²) in [6, 6.07) is 0. The summed E-state index contributed by atoms with van der Waals surface area (Å²) in [5.41, 5.74) is 0. The molecule has 2 unspecified atom stereocenters. The summed E-state index contributed by atoms with van der Waals surface area (Å²) < 4.78 is 82.3. The van der Waals surface area contributed by atoms with E-state index in [4.69, 9.17) is 0 Å². The summed E-state index contributed by atoms with van der Waals surface area (Å²) in [6.45, 7) is 0.869. The minimum atomic E-state index is -4.91. The summed E-state index contributed by atoms with van der Waals surface area (Å²) in [5, 5.41) is 0. The molecule has 0 aromatic carbocycles. The SMILES string of the molecule is CC(F)CC(OCS(=O)(=O)[O-])C(F)(F)F. The van der Waals surface area contributed by atoms with Crippen LogP contribution < -0.4 is 0 Å². The van der Waals surface area contributed by atoms with Gasteiger partial charge in [-0.3, -0.25) is 0 Å². The van der Waals surface area contributed by atoms with Crippen molar-refractivity contribution < 1.29 is 35.3 Å². The van der Waals surface area contributed by atoms with Gasteiger partial charge in [0.1, 0.15) is 22.2 Å². The van der Waals surface area contributed by atoms with Crippen molar-refractivity contribution in [1.29, 1.82) is 0 Å².